The van der Waals surface area contributed by atoms with Crippen molar-refractivity contribution in [1.29, 1.82) is 0 Å². The van der Waals surface area contributed by atoms with Crippen LogP contribution in [-0.4, -0.2) is 5.91 Å². The van der Waals surface area contributed by atoms with Crippen LogP contribution in [0.5, 0.6) is 0 Å². The molecule has 1 aliphatic heterocycles. The van der Waals surface area contributed by atoms with Crippen LogP contribution in [0.4, 0.5) is 10.1 Å². The number of amides is 1. The normalized spacial score (nSPS) is 18.4. The second-order valence-corrected chi connectivity index (χ2v) is 4.24. The van der Waals surface area contributed by atoms with Gasteiger partial charge in [-0.1, -0.05) is 38.3 Å². The molecule has 16 heavy (non-hydrogen) atoms. The molecule has 2 nitrogen and oxygen atoms in total. The smallest absolute Gasteiger partial charge is 0.232 e. The van der Waals surface area contributed by atoms with E-state index in [4.69, 9.17) is 0 Å². The van der Waals surface area contributed by atoms with Gasteiger partial charge in [0.2, 0.25) is 5.91 Å². The third-order valence-electron chi connectivity index (χ3n) is 3.08. The molecule has 0 saturated carbocycles. The van der Waals surface area contributed by atoms with Gasteiger partial charge in [0, 0.05) is 0 Å². The summed E-state index contributed by atoms with van der Waals surface area (Å²) in [4.78, 5) is 11.7. The Kier molecular flexibility index (Phi) is 3.22. The summed E-state index contributed by atoms with van der Waals surface area (Å²) in [5.41, 5.74) is 1.20. The number of hydrogen-bond acceptors (Lipinski definition) is 1. The van der Waals surface area contributed by atoms with Gasteiger partial charge in [-0.05, 0) is 18.1 Å². The Bertz CT molecular complexity index is 403. The standard InChI is InChI=1S/C13H16FNO/c1-2-3-4-6-10-9-7-5-8-11(14)12(9)15-13(10)16/h5,7-8,10H,2-4,6H2,1H3,(H,15,16). The molecule has 0 fully saturated rings. The fourth-order valence-corrected chi connectivity index (χ4v) is 2.20. The van der Waals surface area contributed by atoms with Crippen LogP contribution in [0.25, 0.3) is 0 Å². The fraction of sp³-hybridized carbons (Fsp3) is 0.462. The van der Waals surface area contributed by atoms with Gasteiger partial charge in [0.15, 0.2) is 0 Å². The summed E-state index contributed by atoms with van der Waals surface area (Å²) < 4.78 is 13.4. The molecule has 1 N–H and O–H groups in total. The number of nitrogens with one attached hydrogen (secondary N) is 1. The van der Waals surface area contributed by atoms with Gasteiger partial charge in [-0.15, -0.1) is 0 Å². The van der Waals surface area contributed by atoms with Gasteiger partial charge >= 0.3 is 0 Å². The lowest BCUT2D eigenvalue weighted by Gasteiger charge is -2.07. The average molecular weight is 221 g/mol. The van der Waals surface area contributed by atoms with Crippen LogP contribution in [0.1, 0.15) is 44.1 Å². The molecule has 1 aliphatic rings. The highest BCUT2D eigenvalue weighted by molar-refractivity contribution is 6.02. The first-order valence-corrected chi connectivity index (χ1v) is 5.83. The third kappa shape index (κ3) is 1.94. The van der Waals surface area contributed by atoms with Crippen LogP contribution >= 0.6 is 0 Å². The highest BCUT2D eigenvalue weighted by atomic mass is 19.1. The molecule has 0 radical (unpaired) electrons. The third-order valence-corrected chi connectivity index (χ3v) is 3.08. The maximum Gasteiger partial charge on any atom is 0.232 e. The topological polar surface area (TPSA) is 29.1 Å². The molecular formula is C13H16FNO. The summed E-state index contributed by atoms with van der Waals surface area (Å²) in [6.07, 6.45) is 4.08. The molecule has 1 aromatic carbocycles. The Morgan fingerprint density at radius 1 is 1.38 bits per heavy atom. The predicted octanol–water partition coefficient (Wildman–Crippen LogP) is 3.44. The molecule has 86 valence electrons. The minimum Gasteiger partial charge on any atom is -0.323 e. The summed E-state index contributed by atoms with van der Waals surface area (Å²) in [5, 5.41) is 2.63. The van der Waals surface area contributed by atoms with Crippen molar-refractivity contribution in [2.24, 2.45) is 0 Å². The van der Waals surface area contributed by atoms with E-state index in [0.717, 1.165) is 31.2 Å². The zero-order valence-electron chi connectivity index (χ0n) is 9.42. The van der Waals surface area contributed by atoms with Crippen molar-refractivity contribution in [1.82, 2.24) is 0 Å². The number of carbonyl (C=O) groups excluding carboxylic acids is 1. The molecule has 0 aliphatic carbocycles. The van der Waals surface area contributed by atoms with Crippen molar-refractivity contribution in [2.45, 2.75) is 38.5 Å². The quantitative estimate of drug-likeness (QED) is 0.775. The molecule has 1 heterocycles. The average Bonchev–Trinajstić information content (AvgIpc) is 2.58. The van der Waals surface area contributed by atoms with Gasteiger partial charge in [0.05, 0.1) is 11.6 Å². The minimum atomic E-state index is -0.330. The van der Waals surface area contributed by atoms with Gasteiger partial charge < -0.3 is 5.32 Å². The highest BCUT2D eigenvalue weighted by Crippen LogP contribution is 2.37. The van der Waals surface area contributed by atoms with E-state index in [9.17, 15) is 9.18 Å². The summed E-state index contributed by atoms with van der Waals surface area (Å²) in [5.74, 6) is -0.544. The van der Waals surface area contributed by atoms with E-state index in [1.54, 1.807) is 6.07 Å². The summed E-state index contributed by atoms with van der Waals surface area (Å²) in [6.45, 7) is 2.13. The number of anilines is 1. The first-order valence-electron chi connectivity index (χ1n) is 5.83. The summed E-state index contributed by atoms with van der Waals surface area (Å²) in [6, 6.07) is 4.89. The lowest BCUT2D eigenvalue weighted by molar-refractivity contribution is -0.117. The van der Waals surface area contributed by atoms with Crippen molar-refractivity contribution in [2.75, 3.05) is 5.32 Å². The van der Waals surface area contributed by atoms with Gasteiger partial charge in [0.1, 0.15) is 5.82 Å². The van der Waals surface area contributed by atoms with Crippen molar-refractivity contribution in [3.05, 3.63) is 29.6 Å². The molecule has 1 amide bonds. The van der Waals surface area contributed by atoms with Crippen LogP contribution in [0.15, 0.2) is 18.2 Å². The highest BCUT2D eigenvalue weighted by Gasteiger charge is 2.31. The second kappa shape index (κ2) is 4.64. The number of fused-ring (bicyclic) bond motifs is 1. The SMILES string of the molecule is CCCCCC1C(=O)Nc2c(F)cccc21. The number of hydrogen-bond donors (Lipinski definition) is 1. The number of carbonyl (C=O) groups is 1. The molecule has 2 rings (SSSR count). The Labute approximate surface area is 94.9 Å². The Morgan fingerprint density at radius 3 is 2.94 bits per heavy atom. The number of rotatable bonds is 4. The maximum atomic E-state index is 13.4. The Morgan fingerprint density at radius 2 is 2.19 bits per heavy atom. The second-order valence-electron chi connectivity index (χ2n) is 4.24. The molecule has 0 bridgehead atoms. The molecular weight excluding hydrogens is 205 g/mol. The van der Waals surface area contributed by atoms with Crippen LogP contribution in [0, 0.1) is 5.82 Å². The molecule has 0 saturated heterocycles. The van der Waals surface area contributed by atoms with E-state index in [1.165, 1.54) is 6.07 Å². The number of benzene rings is 1. The monoisotopic (exact) mass is 221 g/mol. The summed E-state index contributed by atoms with van der Waals surface area (Å²) in [7, 11) is 0. The van der Waals surface area contributed by atoms with Crippen LogP contribution < -0.4 is 5.32 Å². The van der Waals surface area contributed by atoms with Crippen molar-refractivity contribution in [3.63, 3.8) is 0 Å². The van der Waals surface area contributed by atoms with Gasteiger partial charge in [-0.25, -0.2) is 4.39 Å². The molecule has 0 aromatic heterocycles. The Balaban J connectivity index is 2.16. The van der Waals surface area contributed by atoms with Crippen molar-refractivity contribution in [3.8, 4) is 0 Å². The minimum absolute atomic E-state index is 0.0591. The first kappa shape index (κ1) is 11.1. The van der Waals surface area contributed by atoms with Gasteiger partial charge in [-0.2, -0.15) is 0 Å². The number of halogens is 1. The van der Waals surface area contributed by atoms with Crippen LogP contribution in [0.2, 0.25) is 0 Å². The Hall–Kier alpha value is -1.38. The maximum absolute atomic E-state index is 13.4. The van der Waals surface area contributed by atoms with E-state index >= 15 is 0 Å². The van der Waals surface area contributed by atoms with E-state index in [2.05, 4.69) is 12.2 Å². The van der Waals surface area contributed by atoms with Gasteiger partial charge in [-0.3, -0.25) is 4.79 Å². The number of unbranched alkanes of at least 4 members (excludes halogenated alkanes) is 2. The van der Waals surface area contributed by atoms with E-state index in [0.29, 0.717) is 5.69 Å². The lowest BCUT2D eigenvalue weighted by Crippen LogP contribution is -2.12. The lowest BCUT2D eigenvalue weighted by atomic mass is 9.94. The molecule has 1 unspecified atom stereocenters. The van der Waals surface area contributed by atoms with Gasteiger partial charge in [0.25, 0.3) is 0 Å². The number of para-hydroxylation sites is 1. The molecule has 0 spiro atoms. The van der Waals surface area contributed by atoms with Crippen LogP contribution in [0.3, 0.4) is 0 Å². The largest absolute Gasteiger partial charge is 0.323 e. The van der Waals surface area contributed by atoms with Crippen molar-refractivity contribution >= 4 is 11.6 Å². The summed E-state index contributed by atoms with van der Waals surface area (Å²) >= 11 is 0. The van der Waals surface area contributed by atoms with Crippen LogP contribution in [-0.2, 0) is 4.79 Å². The molecule has 3 heteroatoms. The zero-order valence-corrected chi connectivity index (χ0v) is 9.42. The molecule has 1 aromatic rings. The van der Waals surface area contributed by atoms with E-state index in [1.807, 2.05) is 6.07 Å². The fourth-order valence-electron chi connectivity index (χ4n) is 2.20. The predicted molar refractivity (Wildman–Crippen MR) is 61.9 cm³/mol. The van der Waals surface area contributed by atoms with Crippen molar-refractivity contribution < 1.29 is 9.18 Å². The molecule has 1 atom stereocenters. The zero-order chi connectivity index (χ0) is 11.5. The van der Waals surface area contributed by atoms with E-state index in [-0.39, 0.29) is 17.6 Å². The first-order chi connectivity index (χ1) is 7.74. The van der Waals surface area contributed by atoms with E-state index < -0.39 is 0 Å².